The molecule has 1 aliphatic heterocycles. The minimum absolute atomic E-state index is 0.109. The third-order valence-corrected chi connectivity index (χ3v) is 2.95. The van der Waals surface area contributed by atoms with E-state index < -0.39 is 0 Å². The number of carbonyl (C=O) groups is 1. The van der Waals surface area contributed by atoms with Gasteiger partial charge >= 0.3 is 0 Å². The molecule has 0 radical (unpaired) electrons. The van der Waals surface area contributed by atoms with E-state index in [4.69, 9.17) is 9.84 Å². The van der Waals surface area contributed by atoms with E-state index in [1.54, 1.807) is 13.2 Å². The van der Waals surface area contributed by atoms with Gasteiger partial charge in [0.25, 0.3) is 5.91 Å². The number of nitrogens with one attached hydrogen (secondary N) is 2. The molecule has 1 aromatic heterocycles. The van der Waals surface area contributed by atoms with Crippen LogP contribution in [0.4, 0.5) is 11.6 Å². The molecule has 1 saturated heterocycles. The first kappa shape index (κ1) is 14.5. The van der Waals surface area contributed by atoms with Gasteiger partial charge in [0, 0.05) is 26.7 Å². The van der Waals surface area contributed by atoms with Gasteiger partial charge in [-0.15, -0.1) is 0 Å². The summed E-state index contributed by atoms with van der Waals surface area (Å²) in [7, 11) is 1.70. The predicted molar refractivity (Wildman–Crippen MR) is 74.0 cm³/mol. The van der Waals surface area contributed by atoms with Gasteiger partial charge in [-0.2, -0.15) is 0 Å². The van der Waals surface area contributed by atoms with Gasteiger partial charge < -0.3 is 25.4 Å². The standard InChI is InChI=1S/C12H19N5O3/c1-13-9-8-15-12(17-3-6-20-7-4-17)16-10(9)11(19)14-2-5-18/h8,13,18H,2-7H2,1H3,(H,14,19). The second-order valence-corrected chi connectivity index (χ2v) is 4.26. The molecule has 0 aromatic carbocycles. The van der Waals surface area contributed by atoms with Crippen molar-refractivity contribution in [1.29, 1.82) is 0 Å². The van der Waals surface area contributed by atoms with E-state index >= 15 is 0 Å². The third kappa shape index (κ3) is 3.34. The summed E-state index contributed by atoms with van der Waals surface area (Å²) in [5.41, 5.74) is 0.829. The Morgan fingerprint density at radius 3 is 2.90 bits per heavy atom. The molecule has 110 valence electrons. The van der Waals surface area contributed by atoms with Crippen molar-refractivity contribution in [2.45, 2.75) is 0 Å². The van der Waals surface area contributed by atoms with Crippen LogP contribution in [0.25, 0.3) is 0 Å². The minimum atomic E-state index is -0.333. The number of morpholine rings is 1. The SMILES string of the molecule is CNc1cnc(N2CCOCC2)nc1C(=O)NCCO. The highest BCUT2D eigenvalue weighted by molar-refractivity contribution is 5.97. The maximum Gasteiger partial charge on any atom is 0.272 e. The second-order valence-electron chi connectivity index (χ2n) is 4.26. The Balaban J connectivity index is 2.21. The van der Waals surface area contributed by atoms with Crippen LogP contribution in [0.2, 0.25) is 0 Å². The van der Waals surface area contributed by atoms with Crippen LogP contribution in [0.5, 0.6) is 0 Å². The number of anilines is 2. The largest absolute Gasteiger partial charge is 0.395 e. The zero-order valence-corrected chi connectivity index (χ0v) is 11.4. The number of aliphatic hydroxyl groups excluding tert-OH is 1. The smallest absolute Gasteiger partial charge is 0.272 e. The zero-order valence-electron chi connectivity index (χ0n) is 11.4. The van der Waals surface area contributed by atoms with Crippen LogP contribution < -0.4 is 15.5 Å². The van der Waals surface area contributed by atoms with Gasteiger partial charge in [-0.3, -0.25) is 4.79 Å². The molecule has 0 aliphatic carbocycles. The molecule has 1 aliphatic rings. The Morgan fingerprint density at radius 2 is 2.25 bits per heavy atom. The summed E-state index contributed by atoms with van der Waals surface area (Å²) < 4.78 is 5.28. The molecule has 8 heteroatoms. The Kier molecular flexibility index (Phi) is 5.08. The van der Waals surface area contributed by atoms with Crippen molar-refractivity contribution in [3.05, 3.63) is 11.9 Å². The molecule has 2 rings (SSSR count). The summed E-state index contributed by atoms with van der Waals surface area (Å²) in [6.45, 7) is 2.75. The molecule has 0 bridgehead atoms. The van der Waals surface area contributed by atoms with E-state index in [0.29, 0.717) is 37.9 Å². The first-order valence-electron chi connectivity index (χ1n) is 6.53. The van der Waals surface area contributed by atoms with Gasteiger partial charge in [0.05, 0.1) is 31.7 Å². The van der Waals surface area contributed by atoms with Gasteiger partial charge in [0.2, 0.25) is 5.95 Å². The zero-order chi connectivity index (χ0) is 14.4. The van der Waals surface area contributed by atoms with E-state index in [-0.39, 0.29) is 24.8 Å². The first-order valence-corrected chi connectivity index (χ1v) is 6.53. The summed E-state index contributed by atoms with van der Waals surface area (Å²) in [4.78, 5) is 22.6. The van der Waals surface area contributed by atoms with Crippen LogP contribution in [0, 0.1) is 0 Å². The first-order chi connectivity index (χ1) is 9.76. The van der Waals surface area contributed by atoms with Crippen LogP contribution in [0.1, 0.15) is 10.5 Å². The fourth-order valence-corrected chi connectivity index (χ4v) is 1.90. The number of hydrogen-bond acceptors (Lipinski definition) is 7. The molecular weight excluding hydrogens is 262 g/mol. The molecule has 0 saturated carbocycles. The van der Waals surface area contributed by atoms with E-state index in [9.17, 15) is 4.79 Å². The van der Waals surface area contributed by atoms with Crippen molar-refractivity contribution in [3.8, 4) is 0 Å². The molecule has 0 spiro atoms. The number of carbonyl (C=O) groups excluding carboxylic acids is 1. The number of hydrogen-bond donors (Lipinski definition) is 3. The Hall–Kier alpha value is -1.93. The van der Waals surface area contributed by atoms with Gasteiger partial charge in [-0.1, -0.05) is 0 Å². The Labute approximate surface area is 117 Å². The fraction of sp³-hybridized carbons (Fsp3) is 0.583. The number of ether oxygens (including phenoxy) is 1. The topological polar surface area (TPSA) is 99.6 Å². The molecule has 3 N–H and O–H groups in total. The quantitative estimate of drug-likeness (QED) is 0.641. The van der Waals surface area contributed by atoms with Crippen molar-refractivity contribution in [2.24, 2.45) is 0 Å². The van der Waals surface area contributed by atoms with Crippen molar-refractivity contribution >= 4 is 17.5 Å². The summed E-state index contributed by atoms with van der Waals surface area (Å²) in [6.07, 6.45) is 1.59. The van der Waals surface area contributed by atoms with Crippen molar-refractivity contribution in [1.82, 2.24) is 15.3 Å². The van der Waals surface area contributed by atoms with Gasteiger partial charge in [0.15, 0.2) is 5.69 Å². The van der Waals surface area contributed by atoms with Crippen LogP contribution in [0.15, 0.2) is 6.20 Å². The minimum Gasteiger partial charge on any atom is -0.395 e. The normalized spacial score (nSPS) is 15.0. The van der Waals surface area contributed by atoms with E-state index in [0.717, 1.165) is 0 Å². The number of nitrogens with zero attached hydrogens (tertiary/aromatic N) is 3. The third-order valence-electron chi connectivity index (χ3n) is 2.95. The highest BCUT2D eigenvalue weighted by Gasteiger charge is 2.19. The highest BCUT2D eigenvalue weighted by atomic mass is 16.5. The lowest BCUT2D eigenvalue weighted by Crippen LogP contribution is -2.38. The lowest BCUT2D eigenvalue weighted by Gasteiger charge is -2.27. The van der Waals surface area contributed by atoms with E-state index in [1.807, 2.05) is 4.90 Å². The molecule has 20 heavy (non-hydrogen) atoms. The van der Waals surface area contributed by atoms with Gasteiger partial charge in [-0.05, 0) is 0 Å². The summed E-state index contributed by atoms with van der Waals surface area (Å²) in [6, 6.07) is 0. The maximum absolute atomic E-state index is 12.0. The molecule has 0 atom stereocenters. The van der Waals surface area contributed by atoms with Crippen LogP contribution in [-0.4, -0.2) is 67.5 Å². The second kappa shape index (κ2) is 7.01. The molecule has 2 heterocycles. The molecule has 1 fully saturated rings. The molecule has 1 amide bonds. The summed E-state index contributed by atoms with van der Waals surface area (Å²) in [5, 5.41) is 14.2. The van der Waals surface area contributed by atoms with Crippen LogP contribution in [-0.2, 0) is 4.74 Å². The Morgan fingerprint density at radius 1 is 1.50 bits per heavy atom. The average molecular weight is 281 g/mol. The van der Waals surface area contributed by atoms with E-state index in [1.165, 1.54) is 0 Å². The maximum atomic E-state index is 12.0. The van der Waals surface area contributed by atoms with Gasteiger partial charge in [0.1, 0.15) is 0 Å². The van der Waals surface area contributed by atoms with Crippen molar-refractivity contribution in [2.75, 3.05) is 56.7 Å². The van der Waals surface area contributed by atoms with Gasteiger partial charge in [-0.25, -0.2) is 9.97 Å². The van der Waals surface area contributed by atoms with Crippen LogP contribution in [0.3, 0.4) is 0 Å². The van der Waals surface area contributed by atoms with Crippen LogP contribution >= 0.6 is 0 Å². The molecular formula is C12H19N5O3. The number of rotatable bonds is 5. The predicted octanol–water partition coefficient (Wildman–Crippen LogP) is -0.923. The van der Waals surface area contributed by atoms with Crippen molar-refractivity contribution in [3.63, 3.8) is 0 Å². The average Bonchev–Trinajstić information content (AvgIpc) is 2.52. The molecule has 1 aromatic rings. The van der Waals surface area contributed by atoms with E-state index in [2.05, 4.69) is 20.6 Å². The summed E-state index contributed by atoms with van der Waals surface area (Å²) in [5.74, 6) is 0.182. The fourth-order valence-electron chi connectivity index (χ4n) is 1.90. The summed E-state index contributed by atoms with van der Waals surface area (Å²) >= 11 is 0. The monoisotopic (exact) mass is 281 g/mol. The number of aromatic nitrogens is 2. The lowest BCUT2D eigenvalue weighted by atomic mass is 10.3. The highest BCUT2D eigenvalue weighted by Crippen LogP contribution is 2.16. The number of amides is 1. The Bertz CT molecular complexity index is 462. The van der Waals surface area contributed by atoms with Crippen molar-refractivity contribution < 1.29 is 14.6 Å². The molecule has 8 nitrogen and oxygen atoms in total. The lowest BCUT2D eigenvalue weighted by molar-refractivity contribution is 0.0940. The number of aliphatic hydroxyl groups is 1. The molecule has 0 unspecified atom stereocenters.